The molecule has 1 heterocycles. The lowest BCUT2D eigenvalue weighted by Gasteiger charge is -2.20. The van der Waals surface area contributed by atoms with Gasteiger partial charge in [0, 0.05) is 18.7 Å². The number of likely N-dealkylation sites (tertiary alicyclic amines) is 1. The molecule has 0 aromatic heterocycles. The van der Waals surface area contributed by atoms with Crippen molar-refractivity contribution in [3.63, 3.8) is 0 Å². The first kappa shape index (κ1) is 15.3. The van der Waals surface area contributed by atoms with Crippen LogP contribution in [0.2, 0.25) is 5.02 Å². The van der Waals surface area contributed by atoms with Gasteiger partial charge in [0.25, 0.3) is 5.91 Å². The molecule has 1 saturated heterocycles. The Labute approximate surface area is 123 Å². The Morgan fingerprint density at radius 3 is 2.55 bits per heavy atom. The summed E-state index contributed by atoms with van der Waals surface area (Å²) in [6.07, 6.45) is 0.925. The first-order valence-electron chi connectivity index (χ1n) is 6.22. The van der Waals surface area contributed by atoms with Crippen molar-refractivity contribution < 1.29 is 13.2 Å². The van der Waals surface area contributed by atoms with Crippen molar-refractivity contribution in [2.24, 2.45) is 10.6 Å². The Kier molecular flexibility index (Phi) is 3.83. The molecule has 1 amide bonds. The highest BCUT2D eigenvalue weighted by atomic mass is 35.5. The zero-order valence-corrected chi connectivity index (χ0v) is 13.0. The summed E-state index contributed by atoms with van der Waals surface area (Å²) in [7, 11) is -3.94. The lowest BCUT2D eigenvalue weighted by molar-refractivity contribution is 0.0778. The van der Waals surface area contributed by atoms with Gasteiger partial charge in [-0.25, -0.2) is 13.6 Å². The monoisotopic (exact) mass is 316 g/mol. The molecule has 1 aromatic rings. The van der Waals surface area contributed by atoms with Gasteiger partial charge in [-0.15, -0.1) is 0 Å². The van der Waals surface area contributed by atoms with E-state index in [1.54, 1.807) is 4.90 Å². The summed E-state index contributed by atoms with van der Waals surface area (Å²) in [5, 5.41) is 5.11. The Balaban J connectivity index is 2.33. The van der Waals surface area contributed by atoms with Crippen molar-refractivity contribution in [1.82, 2.24) is 4.90 Å². The van der Waals surface area contributed by atoms with E-state index in [-0.39, 0.29) is 26.8 Å². The zero-order chi connectivity index (χ0) is 15.1. The summed E-state index contributed by atoms with van der Waals surface area (Å²) in [4.78, 5) is 13.9. The molecule has 2 N–H and O–H groups in total. The van der Waals surface area contributed by atoms with Crippen LogP contribution >= 0.6 is 11.6 Å². The standard InChI is InChI=1S/C13H17ClN2O3S/c1-13(2)5-6-16(8-13)12(17)9-3-4-10(14)11(7-9)20(15,18)19/h3-4,7H,5-6,8H2,1-2H3,(H2,15,18,19). The number of carbonyl (C=O) groups is 1. The normalized spacial score (nSPS) is 18.3. The maximum absolute atomic E-state index is 12.4. The van der Waals surface area contributed by atoms with E-state index in [1.165, 1.54) is 18.2 Å². The number of benzene rings is 1. The summed E-state index contributed by atoms with van der Waals surface area (Å²) >= 11 is 5.81. The Morgan fingerprint density at radius 1 is 1.40 bits per heavy atom. The van der Waals surface area contributed by atoms with Gasteiger partial charge in [-0.1, -0.05) is 25.4 Å². The summed E-state index contributed by atoms with van der Waals surface area (Å²) in [5.41, 5.74) is 0.376. The number of nitrogens with zero attached hydrogens (tertiary/aromatic N) is 1. The molecule has 1 aromatic carbocycles. The molecule has 0 atom stereocenters. The molecular weight excluding hydrogens is 300 g/mol. The number of rotatable bonds is 2. The van der Waals surface area contributed by atoms with Crippen LogP contribution < -0.4 is 5.14 Å². The quantitative estimate of drug-likeness (QED) is 0.904. The van der Waals surface area contributed by atoms with E-state index in [9.17, 15) is 13.2 Å². The molecule has 0 bridgehead atoms. The third kappa shape index (κ3) is 3.13. The van der Waals surface area contributed by atoms with Crippen LogP contribution in [0.25, 0.3) is 0 Å². The molecular formula is C13H17ClN2O3S. The molecule has 5 nitrogen and oxygen atoms in total. The van der Waals surface area contributed by atoms with Crippen LogP contribution in [0, 0.1) is 5.41 Å². The third-order valence-corrected chi connectivity index (χ3v) is 4.84. The number of hydrogen-bond donors (Lipinski definition) is 1. The molecule has 0 spiro atoms. The lowest BCUT2D eigenvalue weighted by atomic mass is 9.93. The zero-order valence-electron chi connectivity index (χ0n) is 11.4. The highest BCUT2D eigenvalue weighted by Crippen LogP contribution is 2.30. The van der Waals surface area contributed by atoms with Crippen LogP contribution in [-0.4, -0.2) is 32.3 Å². The number of carbonyl (C=O) groups excluding carboxylic acids is 1. The van der Waals surface area contributed by atoms with Crippen molar-refractivity contribution in [3.05, 3.63) is 28.8 Å². The number of hydrogen-bond acceptors (Lipinski definition) is 3. The largest absolute Gasteiger partial charge is 0.338 e. The van der Waals surface area contributed by atoms with E-state index in [4.69, 9.17) is 16.7 Å². The second-order valence-corrected chi connectivity index (χ2v) is 7.77. The first-order chi connectivity index (χ1) is 9.10. The van der Waals surface area contributed by atoms with Gasteiger partial charge in [0.05, 0.1) is 5.02 Å². The van der Waals surface area contributed by atoms with E-state index < -0.39 is 10.0 Å². The van der Waals surface area contributed by atoms with Crippen molar-refractivity contribution in [1.29, 1.82) is 0 Å². The molecule has 2 rings (SSSR count). The van der Waals surface area contributed by atoms with E-state index in [1.807, 2.05) is 0 Å². The molecule has 7 heteroatoms. The first-order valence-corrected chi connectivity index (χ1v) is 8.14. The van der Waals surface area contributed by atoms with Gasteiger partial charge in [0.15, 0.2) is 0 Å². The van der Waals surface area contributed by atoms with Gasteiger partial charge in [-0.05, 0) is 30.0 Å². The fourth-order valence-corrected chi connectivity index (χ4v) is 3.39. The van der Waals surface area contributed by atoms with Crippen LogP contribution in [0.5, 0.6) is 0 Å². The molecule has 1 aliphatic heterocycles. The van der Waals surface area contributed by atoms with Crippen molar-refractivity contribution in [3.8, 4) is 0 Å². The predicted octanol–water partition coefficient (Wildman–Crippen LogP) is 1.86. The van der Waals surface area contributed by atoms with Gasteiger partial charge >= 0.3 is 0 Å². The number of amides is 1. The topological polar surface area (TPSA) is 80.5 Å². The summed E-state index contributed by atoms with van der Waals surface area (Å²) < 4.78 is 22.8. The van der Waals surface area contributed by atoms with E-state index >= 15 is 0 Å². The van der Waals surface area contributed by atoms with Crippen LogP contribution in [0.15, 0.2) is 23.1 Å². The Hall–Kier alpha value is -1.11. The number of halogens is 1. The second kappa shape index (κ2) is 5.02. The molecule has 0 aliphatic carbocycles. The molecule has 110 valence electrons. The molecule has 0 saturated carbocycles. The van der Waals surface area contributed by atoms with Crippen LogP contribution in [0.3, 0.4) is 0 Å². The molecule has 0 unspecified atom stereocenters. The fourth-order valence-electron chi connectivity index (χ4n) is 2.32. The average molecular weight is 317 g/mol. The highest BCUT2D eigenvalue weighted by molar-refractivity contribution is 7.89. The maximum atomic E-state index is 12.4. The van der Waals surface area contributed by atoms with E-state index in [0.717, 1.165) is 6.42 Å². The summed E-state index contributed by atoms with van der Waals surface area (Å²) in [6, 6.07) is 4.14. The third-order valence-electron chi connectivity index (χ3n) is 3.45. The van der Waals surface area contributed by atoms with Crippen LogP contribution in [0.1, 0.15) is 30.6 Å². The van der Waals surface area contributed by atoms with E-state index in [0.29, 0.717) is 13.1 Å². The van der Waals surface area contributed by atoms with Gasteiger partial charge < -0.3 is 4.90 Å². The average Bonchev–Trinajstić information content (AvgIpc) is 2.68. The maximum Gasteiger partial charge on any atom is 0.253 e. The van der Waals surface area contributed by atoms with Crippen molar-refractivity contribution >= 4 is 27.5 Å². The summed E-state index contributed by atoms with van der Waals surface area (Å²) in [5.74, 6) is -0.197. The summed E-state index contributed by atoms with van der Waals surface area (Å²) in [6.45, 7) is 5.51. The Bertz CT molecular complexity index is 656. The minimum atomic E-state index is -3.94. The minimum Gasteiger partial charge on any atom is -0.338 e. The lowest BCUT2D eigenvalue weighted by Crippen LogP contribution is -2.30. The smallest absolute Gasteiger partial charge is 0.253 e. The minimum absolute atomic E-state index is 0.0193. The molecule has 1 fully saturated rings. The predicted molar refractivity (Wildman–Crippen MR) is 77.1 cm³/mol. The molecule has 0 radical (unpaired) electrons. The van der Waals surface area contributed by atoms with Crippen molar-refractivity contribution in [2.45, 2.75) is 25.2 Å². The number of sulfonamides is 1. The molecule has 20 heavy (non-hydrogen) atoms. The molecule has 1 aliphatic rings. The van der Waals surface area contributed by atoms with Gasteiger partial charge in [-0.3, -0.25) is 4.79 Å². The van der Waals surface area contributed by atoms with Gasteiger partial charge in [0.2, 0.25) is 10.0 Å². The fraction of sp³-hybridized carbons (Fsp3) is 0.462. The van der Waals surface area contributed by atoms with Gasteiger partial charge in [0.1, 0.15) is 4.90 Å². The second-order valence-electron chi connectivity index (χ2n) is 5.83. The SMILES string of the molecule is CC1(C)CCN(C(=O)c2ccc(Cl)c(S(N)(=O)=O)c2)C1. The number of primary sulfonamides is 1. The Morgan fingerprint density at radius 2 is 2.05 bits per heavy atom. The van der Waals surface area contributed by atoms with Crippen LogP contribution in [0.4, 0.5) is 0 Å². The van der Waals surface area contributed by atoms with Crippen LogP contribution in [-0.2, 0) is 10.0 Å². The van der Waals surface area contributed by atoms with Crippen molar-refractivity contribution in [2.75, 3.05) is 13.1 Å². The highest BCUT2D eigenvalue weighted by Gasteiger charge is 2.32. The number of nitrogens with two attached hydrogens (primary N) is 1. The van der Waals surface area contributed by atoms with Gasteiger partial charge in [-0.2, -0.15) is 0 Å². The van der Waals surface area contributed by atoms with E-state index in [2.05, 4.69) is 13.8 Å².